The van der Waals surface area contributed by atoms with Gasteiger partial charge >= 0.3 is 0 Å². The Hall–Kier alpha value is -3.53. The van der Waals surface area contributed by atoms with Crippen molar-refractivity contribution < 1.29 is 4.52 Å². The maximum Gasteiger partial charge on any atom is 0.265 e. The third kappa shape index (κ3) is 3.38. The molecular weight excluding hydrogens is 420 g/mol. The van der Waals surface area contributed by atoms with Crippen LogP contribution in [0.1, 0.15) is 43.5 Å². The number of aromatic nitrogens is 6. The molecule has 0 aliphatic heterocycles. The Morgan fingerprint density at radius 3 is 2.81 bits per heavy atom. The van der Waals surface area contributed by atoms with E-state index in [1.807, 2.05) is 6.92 Å². The molecule has 1 saturated carbocycles. The van der Waals surface area contributed by atoms with Gasteiger partial charge in [0.1, 0.15) is 29.4 Å². The zero-order chi connectivity index (χ0) is 21.7. The number of anilines is 2. The SMILES string of the molecule is Cc1noc(-c2c(N)ncnc2NC(C)c2nc3cccc(Cl)c3c(=O)n2C2CC2)n1. The Labute approximate surface area is 181 Å². The summed E-state index contributed by atoms with van der Waals surface area (Å²) in [6.45, 7) is 3.61. The van der Waals surface area contributed by atoms with Crippen LogP contribution in [0.15, 0.2) is 33.8 Å². The van der Waals surface area contributed by atoms with Crippen molar-refractivity contribution in [1.82, 2.24) is 29.7 Å². The predicted molar refractivity (Wildman–Crippen MR) is 116 cm³/mol. The van der Waals surface area contributed by atoms with Gasteiger partial charge in [0.25, 0.3) is 11.4 Å². The van der Waals surface area contributed by atoms with E-state index in [9.17, 15) is 4.79 Å². The molecular formula is C20H19ClN8O2. The molecule has 1 fully saturated rings. The quantitative estimate of drug-likeness (QED) is 0.480. The maximum atomic E-state index is 13.3. The summed E-state index contributed by atoms with van der Waals surface area (Å²) in [4.78, 5) is 30.7. The van der Waals surface area contributed by atoms with E-state index in [1.54, 1.807) is 29.7 Å². The number of nitrogens with two attached hydrogens (primary N) is 1. The van der Waals surface area contributed by atoms with Crippen LogP contribution >= 0.6 is 11.6 Å². The molecule has 3 aromatic heterocycles. The molecule has 1 atom stereocenters. The Bertz CT molecular complexity index is 1360. The lowest BCUT2D eigenvalue weighted by molar-refractivity contribution is 0.425. The fourth-order valence-electron chi connectivity index (χ4n) is 3.60. The van der Waals surface area contributed by atoms with Gasteiger partial charge in [-0.05, 0) is 38.8 Å². The molecule has 3 N–H and O–H groups in total. The summed E-state index contributed by atoms with van der Waals surface area (Å²) >= 11 is 6.31. The zero-order valence-corrected chi connectivity index (χ0v) is 17.6. The Kier molecular flexibility index (Phi) is 4.58. The molecule has 0 amide bonds. The highest BCUT2D eigenvalue weighted by Crippen LogP contribution is 2.37. The number of nitrogen functional groups attached to an aromatic ring is 1. The van der Waals surface area contributed by atoms with Gasteiger partial charge in [-0.2, -0.15) is 4.98 Å². The van der Waals surface area contributed by atoms with Crippen LogP contribution in [0.3, 0.4) is 0 Å². The first-order valence-electron chi connectivity index (χ1n) is 9.82. The molecule has 3 heterocycles. The highest BCUT2D eigenvalue weighted by Gasteiger charge is 2.31. The lowest BCUT2D eigenvalue weighted by Gasteiger charge is -2.21. The number of halogens is 1. The van der Waals surface area contributed by atoms with Crippen LogP contribution in [-0.4, -0.2) is 29.7 Å². The van der Waals surface area contributed by atoms with Crippen LogP contribution in [0.2, 0.25) is 5.02 Å². The van der Waals surface area contributed by atoms with Gasteiger partial charge in [0.05, 0.1) is 22.0 Å². The highest BCUT2D eigenvalue weighted by atomic mass is 35.5. The lowest BCUT2D eigenvalue weighted by atomic mass is 10.2. The second kappa shape index (κ2) is 7.31. The first kappa shape index (κ1) is 19.4. The van der Waals surface area contributed by atoms with Gasteiger partial charge in [0, 0.05) is 6.04 Å². The summed E-state index contributed by atoms with van der Waals surface area (Å²) in [5.74, 6) is 1.88. The minimum absolute atomic E-state index is 0.105. The predicted octanol–water partition coefficient (Wildman–Crippen LogP) is 3.29. The number of nitrogens with zero attached hydrogens (tertiary/aromatic N) is 6. The molecule has 10 nitrogen and oxygen atoms in total. The normalized spacial score (nSPS) is 14.7. The van der Waals surface area contributed by atoms with E-state index < -0.39 is 0 Å². The van der Waals surface area contributed by atoms with Gasteiger partial charge in [-0.3, -0.25) is 9.36 Å². The second-order valence-corrected chi connectivity index (χ2v) is 7.91. The van der Waals surface area contributed by atoms with E-state index >= 15 is 0 Å². The number of benzene rings is 1. The first-order chi connectivity index (χ1) is 14.9. The minimum atomic E-state index is -0.381. The van der Waals surface area contributed by atoms with Gasteiger partial charge in [0.2, 0.25) is 0 Å². The third-order valence-corrected chi connectivity index (χ3v) is 5.49. The van der Waals surface area contributed by atoms with Gasteiger partial charge in [-0.25, -0.2) is 15.0 Å². The Morgan fingerprint density at radius 1 is 1.29 bits per heavy atom. The number of hydrogen-bond donors (Lipinski definition) is 2. The summed E-state index contributed by atoms with van der Waals surface area (Å²) < 4.78 is 7.00. The summed E-state index contributed by atoms with van der Waals surface area (Å²) in [6.07, 6.45) is 3.19. The molecule has 5 rings (SSSR count). The average Bonchev–Trinajstić information content (AvgIpc) is 3.48. The Balaban J connectivity index is 1.61. The summed E-state index contributed by atoms with van der Waals surface area (Å²) in [6, 6.07) is 4.99. The molecule has 1 unspecified atom stereocenters. The summed E-state index contributed by atoms with van der Waals surface area (Å²) in [7, 11) is 0. The molecule has 11 heteroatoms. The van der Waals surface area contributed by atoms with Crippen molar-refractivity contribution in [3.05, 3.63) is 51.6 Å². The van der Waals surface area contributed by atoms with Crippen molar-refractivity contribution in [3.63, 3.8) is 0 Å². The summed E-state index contributed by atoms with van der Waals surface area (Å²) in [5.41, 5.74) is 6.89. The van der Waals surface area contributed by atoms with Crippen LogP contribution < -0.4 is 16.6 Å². The van der Waals surface area contributed by atoms with Crippen molar-refractivity contribution in [3.8, 4) is 11.5 Å². The Morgan fingerprint density at radius 2 is 2.10 bits per heavy atom. The number of aryl methyl sites for hydroxylation is 1. The molecule has 31 heavy (non-hydrogen) atoms. The van der Waals surface area contributed by atoms with Crippen LogP contribution in [0.25, 0.3) is 22.4 Å². The van der Waals surface area contributed by atoms with Gasteiger partial charge in [-0.1, -0.05) is 22.8 Å². The van der Waals surface area contributed by atoms with Crippen LogP contribution in [0.4, 0.5) is 11.6 Å². The molecule has 1 aliphatic rings. The standard InChI is InChI=1S/C20H19ClN8O2/c1-9(25-17-15(16(22)23-8-24-17)19-26-10(2)28-31-19)18-27-13-5-3-4-12(21)14(13)20(30)29(18)11-6-7-11/h3-5,8-9,11H,6-7H2,1-2H3,(H3,22,23,24,25). The molecule has 1 aliphatic carbocycles. The molecule has 0 saturated heterocycles. The van der Waals surface area contributed by atoms with E-state index in [0.29, 0.717) is 39.0 Å². The van der Waals surface area contributed by atoms with Crippen LogP contribution in [0.5, 0.6) is 0 Å². The van der Waals surface area contributed by atoms with Crippen molar-refractivity contribution >= 4 is 34.1 Å². The monoisotopic (exact) mass is 438 g/mol. The zero-order valence-electron chi connectivity index (χ0n) is 16.8. The van der Waals surface area contributed by atoms with Crippen molar-refractivity contribution in [2.45, 2.75) is 38.8 Å². The average molecular weight is 439 g/mol. The largest absolute Gasteiger partial charge is 0.383 e. The van der Waals surface area contributed by atoms with Crippen molar-refractivity contribution in [1.29, 1.82) is 0 Å². The van der Waals surface area contributed by atoms with Crippen LogP contribution in [-0.2, 0) is 0 Å². The highest BCUT2D eigenvalue weighted by molar-refractivity contribution is 6.35. The molecule has 0 spiro atoms. The molecule has 0 radical (unpaired) electrons. The van der Waals surface area contributed by atoms with E-state index in [2.05, 4.69) is 25.4 Å². The fraction of sp³-hybridized carbons (Fsp3) is 0.300. The molecule has 4 aromatic rings. The van der Waals surface area contributed by atoms with Crippen molar-refractivity contribution in [2.24, 2.45) is 0 Å². The summed E-state index contributed by atoms with van der Waals surface area (Å²) in [5, 5.41) is 7.94. The van der Waals surface area contributed by atoms with Gasteiger partial charge < -0.3 is 15.6 Å². The minimum Gasteiger partial charge on any atom is -0.383 e. The molecule has 158 valence electrons. The van der Waals surface area contributed by atoms with E-state index in [1.165, 1.54) is 6.33 Å². The first-order valence-corrected chi connectivity index (χ1v) is 10.2. The molecule has 0 bridgehead atoms. The fourth-order valence-corrected chi connectivity index (χ4v) is 3.85. The number of rotatable bonds is 5. The van der Waals surface area contributed by atoms with E-state index in [0.717, 1.165) is 12.8 Å². The maximum absolute atomic E-state index is 13.3. The van der Waals surface area contributed by atoms with E-state index in [-0.39, 0.29) is 29.4 Å². The third-order valence-electron chi connectivity index (χ3n) is 5.18. The molecule has 1 aromatic carbocycles. The van der Waals surface area contributed by atoms with Gasteiger partial charge in [-0.15, -0.1) is 0 Å². The van der Waals surface area contributed by atoms with E-state index in [4.69, 9.17) is 26.8 Å². The van der Waals surface area contributed by atoms with Gasteiger partial charge in [0.15, 0.2) is 5.82 Å². The topological polar surface area (TPSA) is 138 Å². The number of nitrogens with one attached hydrogen (secondary N) is 1. The van der Waals surface area contributed by atoms with Crippen LogP contribution in [0, 0.1) is 6.92 Å². The second-order valence-electron chi connectivity index (χ2n) is 7.51. The number of fused-ring (bicyclic) bond motifs is 1. The lowest BCUT2D eigenvalue weighted by Crippen LogP contribution is -2.28. The van der Waals surface area contributed by atoms with Crippen molar-refractivity contribution in [2.75, 3.05) is 11.1 Å². The smallest absolute Gasteiger partial charge is 0.265 e. The number of hydrogen-bond acceptors (Lipinski definition) is 9.